The number of oxime groups is 1. The van der Waals surface area contributed by atoms with E-state index in [2.05, 4.69) is 54.1 Å². The summed E-state index contributed by atoms with van der Waals surface area (Å²) in [6.45, 7) is 8.34. The van der Waals surface area contributed by atoms with Crippen molar-refractivity contribution in [3.63, 3.8) is 0 Å². The highest BCUT2D eigenvalue weighted by molar-refractivity contribution is 9.10. The number of nitrogens with two attached hydrogens (primary N) is 1. The minimum Gasteiger partial charge on any atom is -0.409 e. The van der Waals surface area contributed by atoms with Crippen molar-refractivity contribution in [3.05, 3.63) is 28.2 Å². The van der Waals surface area contributed by atoms with Gasteiger partial charge in [0.25, 0.3) is 0 Å². The van der Waals surface area contributed by atoms with Crippen molar-refractivity contribution in [3.8, 4) is 0 Å². The van der Waals surface area contributed by atoms with Crippen LogP contribution in [0.15, 0.2) is 27.8 Å². The molecule has 1 aromatic carbocycles. The van der Waals surface area contributed by atoms with Crippen molar-refractivity contribution in [2.24, 2.45) is 27.6 Å². The molecule has 0 saturated heterocycles. The standard InChI is InChI=1S/C15H20BrN3O2/c1-14(2)11(15(14,3)4)13(20)18-10-7-8(16)5-6-9(10)12(17)19-21/h5-7,11,21H,1-4H3,(H2,17,19)(H,18,20). The Morgan fingerprint density at radius 3 is 2.38 bits per heavy atom. The number of amides is 1. The summed E-state index contributed by atoms with van der Waals surface area (Å²) in [5, 5.41) is 14.7. The summed E-state index contributed by atoms with van der Waals surface area (Å²) in [5.74, 6) is -0.147. The fourth-order valence-corrected chi connectivity index (χ4v) is 3.31. The number of halogens is 1. The van der Waals surface area contributed by atoms with E-state index in [9.17, 15) is 4.79 Å². The number of nitrogens with zero attached hydrogens (tertiary/aromatic N) is 1. The van der Waals surface area contributed by atoms with Gasteiger partial charge in [-0.05, 0) is 29.0 Å². The summed E-state index contributed by atoms with van der Waals surface area (Å²) in [6.07, 6.45) is 0. The van der Waals surface area contributed by atoms with Crippen molar-refractivity contribution in [2.75, 3.05) is 5.32 Å². The van der Waals surface area contributed by atoms with E-state index in [1.165, 1.54) is 0 Å². The third kappa shape index (κ3) is 2.52. The molecule has 1 aromatic rings. The molecule has 6 heteroatoms. The Morgan fingerprint density at radius 2 is 1.90 bits per heavy atom. The third-order valence-corrected chi connectivity index (χ3v) is 5.40. The third-order valence-electron chi connectivity index (χ3n) is 4.91. The van der Waals surface area contributed by atoms with Gasteiger partial charge in [0.15, 0.2) is 5.84 Å². The Bertz CT molecular complexity index is 609. The molecule has 21 heavy (non-hydrogen) atoms. The van der Waals surface area contributed by atoms with E-state index in [0.717, 1.165) is 4.47 Å². The van der Waals surface area contributed by atoms with E-state index in [1.807, 2.05) is 0 Å². The number of anilines is 1. The minimum absolute atomic E-state index is 0.0351. The van der Waals surface area contributed by atoms with Crippen molar-refractivity contribution in [1.29, 1.82) is 0 Å². The normalized spacial score (nSPS) is 20.1. The predicted molar refractivity (Wildman–Crippen MR) is 86.3 cm³/mol. The first-order valence-electron chi connectivity index (χ1n) is 6.71. The van der Waals surface area contributed by atoms with Gasteiger partial charge in [0.1, 0.15) is 0 Å². The Morgan fingerprint density at radius 1 is 1.33 bits per heavy atom. The number of carbonyl (C=O) groups excluding carboxylic acids is 1. The van der Waals surface area contributed by atoms with Crippen LogP contribution in [0, 0.1) is 16.7 Å². The second-order valence-corrected chi connectivity index (χ2v) is 7.46. The lowest BCUT2D eigenvalue weighted by atomic mass is 10.0. The summed E-state index contributed by atoms with van der Waals surface area (Å²) in [6, 6.07) is 5.21. The number of hydrogen-bond donors (Lipinski definition) is 3. The molecule has 0 aliphatic heterocycles. The molecule has 0 atom stereocenters. The van der Waals surface area contributed by atoms with Crippen LogP contribution in [0.4, 0.5) is 5.69 Å². The average Bonchev–Trinajstić information content (AvgIpc) is 2.79. The van der Waals surface area contributed by atoms with E-state index < -0.39 is 0 Å². The highest BCUT2D eigenvalue weighted by atomic mass is 79.9. The summed E-state index contributed by atoms with van der Waals surface area (Å²) in [4.78, 5) is 12.5. The van der Waals surface area contributed by atoms with Gasteiger partial charge in [-0.2, -0.15) is 0 Å². The monoisotopic (exact) mass is 353 g/mol. The van der Waals surface area contributed by atoms with Crippen LogP contribution in [-0.4, -0.2) is 17.0 Å². The largest absolute Gasteiger partial charge is 0.409 e. The van der Waals surface area contributed by atoms with E-state index in [0.29, 0.717) is 11.3 Å². The van der Waals surface area contributed by atoms with Crippen molar-refractivity contribution >= 4 is 33.4 Å². The quantitative estimate of drug-likeness (QED) is 0.337. The Balaban J connectivity index is 2.29. The van der Waals surface area contributed by atoms with Gasteiger partial charge >= 0.3 is 0 Å². The van der Waals surface area contributed by atoms with E-state index in [1.54, 1.807) is 18.2 Å². The molecule has 1 aliphatic carbocycles. The van der Waals surface area contributed by atoms with Crippen LogP contribution in [0.2, 0.25) is 0 Å². The van der Waals surface area contributed by atoms with E-state index >= 15 is 0 Å². The first-order valence-corrected chi connectivity index (χ1v) is 7.50. The first kappa shape index (κ1) is 15.8. The van der Waals surface area contributed by atoms with Gasteiger partial charge < -0.3 is 16.3 Å². The van der Waals surface area contributed by atoms with Crippen LogP contribution in [0.5, 0.6) is 0 Å². The zero-order valence-corrected chi connectivity index (χ0v) is 14.2. The fourth-order valence-electron chi connectivity index (χ4n) is 2.95. The molecule has 0 radical (unpaired) electrons. The molecular formula is C15H20BrN3O2. The molecule has 0 heterocycles. The van der Waals surface area contributed by atoms with Gasteiger partial charge in [-0.25, -0.2) is 0 Å². The SMILES string of the molecule is CC1(C)C(C(=O)Nc2cc(Br)ccc2/C(N)=N/O)C1(C)C. The molecule has 5 nitrogen and oxygen atoms in total. The lowest BCUT2D eigenvalue weighted by molar-refractivity contribution is -0.118. The smallest absolute Gasteiger partial charge is 0.228 e. The average molecular weight is 354 g/mol. The molecule has 4 N–H and O–H groups in total. The van der Waals surface area contributed by atoms with Gasteiger partial charge in [0, 0.05) is 16.0 Å². The number of rotatable bonds is 3. The van der Waals surface area contributed by atoms with Crippen molar-refractivity contribution in [1.82, 2.24) is 0 Å². The highest BCUT2D eigenvalue weighted by Gasteiger charge is 2.68. The molecule has 114 valence electrons. The van der Waals surface area contributed by atoms with Crippen LogP contribution in [0.1, 0.15) is 33.3 Å². The first-order chi connectivity index (χ1) is 9.62. The summed E-state index contributed by atoms with van der Waals surface area (Å²) >= 11 is 3.36. The Labute approximate surface area is 132 Å². The van der Waals surface area contributed by atoms with Crippen LogP contribution in [-0.2, 0) is 4.79 Å². The van der Waals surface area contributed by atoms with Crippen LogP contribution < -0.4 is 11.1 Å². The molecule has 1 fully saturated rings. The Kier molecular flexibility index (Phi) is 3.78. The predicted octanol–water partition coefficient (Wildman–Crippen LogP) is 3.16. The number of nitrogens with one attached hydrogen (secondary N) is 1. The number of carbonyl (C=O) groups is 1. The molecule has 0 unspecified atom stereocenters. The van der Waals surface area contributed by atoms with Crippen molar-refractivity contribution in [2.45, 2.75) is 27.7 Å². The zero-order valence-electron chi connectivity index (χ0n) is 12.6. The van der Waals surface area contributed by atoms with Gasteiger partial charge in [-0.15, -0.1) is 0 Å². The molecule has 0 bridgehead atoms. The molecule has 2 rings (SSSR count). The lowest BCUT2D eigenvalue weighted by Gasteiger charge is -2.11. The number of amidine groups is 1. The van der Waals surface area contributed by atoms with Crippen LogP contribution in [0.25, 0.3) is 0 Å². The van der Waals surface area contributed by atoms with Crippen LogP contribution >= 0.6 is 15.9 Å². The lowest BCUT2D eigenvalue weighted by Crippen LogP contribution is -2.22. The molecule has 0 spiro atoms. The Hall–Kier alpha value is -1.56. The van der Waals surface area contributed by atoms with Gasteiger partial charge in [0.2, 0.25) is 5.91 Å². The van der Waals surface area contributed by atoms with Gasteiger partial charge in [-0.1, -0.05) is 48.8 Å². The maximum atomic E-state index is 12.5. The van der Waals surface area contributed by atoms with E-state index in [4.69, 9.17) is 10.9 Å². The number of hydrogen-bond acceptors (Lipinski definition) is 3. The summed E-state index contributed by atoms with van der Waals surface area (Å²) in [7, 11) is 0. The fraction of sp³-hybridized carbons (Fsp3) is 0.467. The van der Waals surface area contributed by atoms with E-state index in [-0.39, 0.29) is 28.5 Å². The highest BCUT2D eigenvalue weighted by Crippen LogP contribution is 2.68. The molecule has 1 aliphatic rings. The molecular weight excluding hydrogens is 334 g/mol. The minimum atomic E-state index is -0.0656. The summed E-state index contributed by atoms with van der Waals surface area (Å²) in [5.41, 5.74) is 6.59. The molecule has 1 amide bonds. The number of benzene rings is 1. The van der Waals surface area contributed by atoms with Gasteiger partial charge in [-0.3, -0.25) is 4.79 Å². The molecule has 1 saturated carbocycles. The van der Waals surface area contributed by atoms with Gasteiger partial charge in [0.05, 0.1) is 5.69 Å². The second-order valence-electron chi connectivity index (χ2n) is 6.54. The second kappa shape index (κ2) is 5.02. The maximum absolute atomic E-state index is 12.5. The summed E-state index contributed by atoms with van der Waals surface area (Å²) < 4.78 is 0.807. The zero-order chi connectivity index (χ0) is 16.0. The van der Waals surface area contributed by atoms with Crippen molar-refractivity contribution < 1.29 is 10.0 Å². The topological polar surface area (TPSA) is 87.7 Å². The molecule has 0 aromatic heterocycles. The maximum Gasteiger partial charge on any atom is 0.228 e. The van der Waals surface area contributed by atoms with Crippen LogP contribution in [0.3, 0.4) is 0 Å².